The average molecular weight is 477 g/mol. The van der Waals surface area contributed by atoms with E-state index in [9.17, 15) is 14.4 Å². The van der Waals surface area contributed by atoms with Crippen LogP contribution < -0.4 is 25.8 Å². The highest BCUT2D eigenvalue weighted by Gasteiger charge is 2.35. The molecule has 2 amide bonds. The summed E-state index contributed by atoms with van der Waals surface area (Å²) in [7, 11) is 0. The molecule has 4 rings (SSSR count). The van der Waals surface area contributed by atoms with Gasteiger partial charge in [-0.25, -0.2) is 4.79 Å². The smallest absolute Gasteiger partial charge is 0.315 e. The van der Waals surface area contributed by atoms with Crippen LogP contribution in [0.3, 0.4) is 0 Å². The number of aromatic nitrogens is 1. The molecule has 2 heterocycles. The van der Waals surface area contributed by atoms with Gasteiger partial charge in [0.15, 0.2) is 0 Å². The Morgan fingerprint density at radius 3 is 2.63 bits per heavy atom. The molecule has 2 unspecified atom stereocenters. The Balaban J connectivity index is 1.30. The third kappa shape index (κ3) is 5.31. The maximum Gasteiger partial charge on any atom is 0.315 e. The Morgan fingerprint density at radius 1 is 1.06 bits per heavy atom. The number of carbonyl (C=O) groups excluding carboxylic acids is 2. The van der Waals surface area contributed by atoms with Crippen molar-refractivity contribution in [2.75, 3.05) is 24.5 Å². The van der Waals surface area contributed by atoms with Crippen molar-refractivity contribution in [3.63, 3.8) is 0 Å². The van der Waals surface area contributed by atoms with Crippen LogP contribution in [0.4, 0.5) is 10.5 Å². The minimum atomic E-state index is -0.319. The number of fused-ring (bicyclic) bond motifs is 2. The lowest BCUT2D eigenvalue weighted by Crippen LogP contribution is -2.38. The molecule has 0 fully saturated rings. The molecular weight excluding hydrogens is 444 g/mol. The monoisotopic (exact) mass is 476 g/mol. The number of benzene rings is 2. The maximum absolute atomic E-state index is 12.7. The summed E-state index contributed by atoms with van der Waals surface area (Å²) in [5.74, 6) is 0.0598. The number of hydrogen-bond acceptors (Lipinski definition) is 5. The first-order valence-electron chi connectivity index (χ1n) is 12.1. The zero-order valence-electron chi connectivity index (χ0n) is 20.4. The van der Waals surface area contributed by atoms with Gasteiger partial charge in [-0.15, -0.1) is 0 Å². The van der Waals surface area contributed by atoms with E-state index in [0.29, 0.717) is 30.6 Å². The van der Waals surface area contributed by atoms with Gasteiger partial charge in [-0.3, -0.25) is 9.59 Å². The highest BCUT2D eigenvalue weighted by molar-refractivity contribution is 5.82. The van der Waals surface area contributed by atoms with Crippen molar-refractivity contribution in [2.45, 2.75) is 39.7 Å². The van der Waals surface area contributed by atoms with Gasteiger partial charge < -0.3 is 25.3 Å². The van der Waals surface area contributed by atoms with E-state index in [-0.39, 0.29) is 29.4 Å². The Morgan fingerprint density at radius 2 is 1.86 bits per heavy atom. The minimum Gasteiger partial charge on any atom is -0.426 e. The summed E-state index contributed by atoms with van der Waals surface area (Å²) in [6.45, 7) is 8.69. The van der Waals surface area contributed by atoms with Gasteiger partial charge in [0.2, 0.25) is 0 Å². The molecule has 0 saturated heterocycles. The van der Waals surface area contributed by atoms with E-state index in [0.717, 1.165) is 35.3 Å². The van der Waals surface area contributed by atoms with E-state index in [1.54, 1.807) is 12.3 Å². The topological polar surface area (TPSA) is 104 Å². The summed E-state index contributed by atoms with van der Waals surface area (Å²) >= 11 is 0. The van der Waals surface area contributed by atoms with Gasteiger partial charge in [0, 0.05) is 49.5 Å². The van der Waals surface area contributed by atoms with Gasteiger partial charge in [-0.05, 0) is 67.0 Å². The number of H-pyrrole nitrogens is 1. The quantitative estimate of drug-likeness (QED) is 0.338. The lowest BCUT2D eigenvalue weighted by atomic mass is 9.83. The van der Waals surface area contributed by atoms with Crippen LogP contribution >= 0.6 is 0 Å². The SMILES string of the molecule is CCN(CC)c1ccc2c(c1)OC(=O)C(CCNC(=O)NCc1ccc3c(=O)[nH]ccc3c1)C2C. The molecule has 8 nitrogen and oxygen atoms in total. The first-order valence-corrected chi connectivity index (χ1v) is 12.1. The van der Waals surface area contributed by atoms with Gasteiger partial charge in [0.1, 0.15) is 5.75 Å². The molecule has 0 radical (unpaired) electrons. The fourth-order valence-electron chi connectivity index (χ4n) is 4.68. The number of rotatable bonds is 8. The molecule has 1 aromatic heterocycles. The molecule has 2 aromatic carbocycles. The predicted molar refractivity (Wildman–Crippen MR) is 137 cm³/mol. The van der Waals surface area contributed by atoms with Gasteiger partial charge in [0.25, 0.3) is 5.56 Å². The van der Waals surface area contributed by atoms with E-state index in [4.69, 9.17) is 4.74 Å². The van der Waals surface area contributed by atoms with Gasteiger partial charge in [0.05, 0.1) is 5.92 Å². The Kier molecular flexibility index (Phi) is 7.39. The fraction of sp³-hybridized carbons (Fsp3) is 0.370. The molecule has 2 atom stereocenters. The summed E-state index contributed by atoms with van der Waals surface area (Å²) in [6, 6.07) is 13.0. The zero-order valence-corrected chi connectivity index (χ0v) is 20.4. The lowest BCUT2D eigenvalue weighted by Gasteiger charge is -2.31. The molecule has 35 heavy (non-hydrogen) atoms. The molecule has 0 aliphatic carbocycles. The molecule has 3 aromatic rings. The normalized spacial score (nSPS) is 16.9. The van der Waals surface area contributed by atoms with Crippen molar-refractivity contribution in [1.29, 1.82) is 0 Å². The number of amides is 2. The van der Waals surface area contributed by atoms with Gasteiger partial charge >= 0.3 is 12.0 Å². The zero-order chi connectivity index (χ0) is 24.9. The summed E-state index contributed by atoms with van der Waals surface area (Å²) in [5.41, 5.74) is 2.82. The van der Waals surface area contributed by atoms with Crippen LogP contribution in [-0.4, -0.2) is 36.6 Å². The number of carbonyl (C=O) groups is 2. The molecule has 184 valence electrons. The van der Waals surface area contributed by atoms with Gasteiger partial charge in [-0.2, -0.15) is 0 Å². The molecular formula is C27H32N4O4. The van der Waals surface area contributed by atoms with E-state index >= 15 is 0 Å². The summed E-state index contributed by atoms with van der Waals surface area (Å²) in [5, 5.41) is 7.09. The highest BCUT2D eigenvalue weighted by atomic mass is 16.5. The van der Waals surface area contributed by atoms with Crippen LogP contribution in [0.25, 0.3) is 10.8 Å². The van der Waals surface area contributed by atoms with Crippen LogP contribution in [0.5, 0.6) is 5.75 Å². The predicted octanol–water partition coefficient (Wildman–Crippen LogP) is 3.90. The van der Waals surface area contributed by atoms with Crippen molar-refractivity contribution < 1.29 is 14.3 Å². The molecule has 0 bridgehead atoms. The second kappa shape index (κ2) is 10.6. The van der Waals surface area contributed by atoms with Crippen molar-refractivity contribution in [3.05, 3.63) is 70.1 Å². The van der Waals surface area contributed by atoms with Crippen molar-refractivity contribution >= 4 is 28.5 Å². The highest BCUT2D eigenvalue weighted by Crippen LogP contribution is 2.40. The second-order valence-electron chi connectivity index (χ2n) is 8.84. The van der Waals surface area contributed by atoms with Crippen LogP contribution in [0.2, 0.25) is 0 Å². The number of anilines is 1. The number of ether oxygens (including phenoxy) is 1. The van der Waals surface area contributed by atoms with Crippen molar-refractivity contribution in [2.24, 2.45) is 5.92 Å². The first-order chi connectivity index (χ1) is 16.9. The fourth-order valence-corrected chi connectivity index (χ4v) is 4.68. The number of hydrogen-bond donors (Lipinski definition) is 3. The molecule has 0 spiro atoms. The minimum absolute atomic E-state index is 0.00242. The number of nitrogens with zero attached hydrogens (tertiary/aromatic N) is 1. The first kappa shape index (κ1) is 24.3. The number of pyridine rings is 1. The van der Waals surface area contributed by atoms with Crippen molar-refractivity contribution in [1.82, 2.24) is 15.6 Å². The largest absolute Gasteiger partial charge is 0.426 e. The Labute approximate surface area is 204 Å². The maximum atomic E-state index is 12.7. The van der Waals surface area contributed by atoms with E-state index < -0.39 is 0 Å². The third-order valence-corrected chi connectivity index (χ3v) is 6.77. The van der Waals surface area contributed by atoms with Gasteiger partial charge in [-0.1, -0.05) is 19.1 Å². The summed E-state index contributed by atoms with van der Waals surface area (Å²) < 4.78 is 5.68. The van der Waals surface area contributed by atoms with E-state index in [2.05, 4.69) is 40.4 Å². The molecule has 1 aliphatic rings. The van der Waals surface area contributed by atoms with Crippen LogP contribution in [0.15, 0.2) is 53.5 Å². The molecule has 0 saturated carbocycles. The second-order valence-corrected chi connectivity index (χ2v) is 8.84. The number of nitrogens with one attached hydrogen (secondary N) is 3. The summed E-state index contributed by atoms with van der Waals surface area (Å²) in [6.07, 6.45) is 2.09. The molecule has 1 aliphatic heterocycles. The molecule has 3 N–H and O–H groups in total. The standard InChI is InChI=1S/C27H32N4O4/c1-4-31(5-2)20-7-9-21-17(3)22(26(33)35-24(21)15-20)11-13-29-27(34)30-16-18-6-8-23-19(14-18)10-12-28-25(23)32/h6-10,12,14-15,17,22H,4-5,11,13,16H2,1-3H3,(H,28,32)(H2,29,30,34). The van der Waals surface area contributed by atoms with Crippen molar-refractivity contribution in [3.8, 4) is 5.75 Å². The van der Waals surface area contributed by atoms with Crippen LogP contribution in [-0.2, 0) is 11.3 Å². The number of esters is 1. The molecule has 8 heteroatoms. The number of urea groups is 1. The van der Waals surface area contributed by atoms with Crippen LogP contribution in [0, 0.1) is 5.92 Å². The third-order valence-electron chi connectivity index (χ3n) is 6.77. The number of aromatic amines is 1. The van der Waals surface area contributed by atoms with E-state index in [1.165, 1.54) is 0 Å². The lowest BCUT2D eigenvalue weighted by molar-refractivity contribution is -0.141. The summed E-state index contributed by atoms with van der Waals surface area (Å²) in [4.78, 5) is 41.7. The van der Waals surface area contributed by atoms with Crippen LogP contribution in [0.1, 0.15) is 44.2 Å². The van der Waals surface area contributed by atoms with E-state index in [1.807, 2.05) is 37.3 Å². The Hall–Kier alpha value is -3.81. The average Bonchev–Trinajstić information content (AvgIpc) is 2.85. The Bertz CT molecular complexity index is 1280.